The van der Waals surface area contributed by atoms with E-state index in [1.807, 2.05) is 52.1 Å². The van der Waals surface area contributed by atoms with Gasteiger partial charge < -0.3 is 14.4 Å². The molecule has 5 heterocycles. The first kappa shape index (κ1) is 30.7. The summed E-state index contributed by atoms with van der Waals surface area (Å²) in [4.78, 5) is 46.2. The van der Waals surface area contributed by atoms with Gasteiger partial charge in [-0.1, -0.05) is 36.4 Å². The van der Waals surface area contributed by atoms with Crippen LogP contribution in [0.15, 0.2) is 95.8 Å². The number of hydrogen-bond acceptors (Lipinski definition) is 5. The van der Waals surface area contributed by atoms with Crippen LogP contribution in [0.4, 0.5) is 4.39 Å². The van der Waals surface area contributed by atoms with Crippen LogP contribution < -0.4 is 0 Å². The Hall–Kier alpha value is -4.60. The number of aromatic nitrogens is 1. The van der Waals surface area contributed by atoms with Crippen LogP contribution in [0.25, 0.3) is 10.9 Å². The van der Waals surface area contributed by atoms with Crippen molar-refractivity contribution in [3.63, 3.8) is 0 Å². The standard InChI is InChI=1S/C39H37FN4O3S/c40-31-10-8-26(9-11-31)27-12-16-41(17-13-27)22-30-23-43(24-35(30)29-15-21-48-25-29)37(45)34-7-3-4-28-14-18-42(36(28)34)19-20-44-38(46)32-5-1-2-6-33(32)39(44)47/h1-11,14-15,18,21,25,27,30,35H,12-13,16-17,19-20,22-24H2. The van der Waals surface area contributed by atoms with Crippen molar-refractivity contribution < 1.29 is 18.8 Å². The molecule has 2 fully saturated rings. The van der Waals surface area contributed by atoms with Crippen molar-refractivity contribution in [2.24, 2.45) is 5.92 Å². The van der Waals surface area contributed by atoms with Crippen LogP contribution in [0.3, 0.4) is 0 Å². The van der Waals surface area contributed by atoms with Crippen LogP contribution in [-0.2, 0) is 6.54 Å². The van der Waals surface area contributed by atoms with E-state index in [-0.39, 0.29) is 36.0 Å². The van der Waals surface area contributed by atoms with Gasteiger partial charge in [-0.2, -0.15) is 11.3 Å². The smallest absolute Gasteiger partial charge is 0.261 e. The number of carbonyl (C=O) groups is 3. The highest BCUT2D eigenvalue weighted by Crippen LogP contribution is 2.37. The topological polar surface area (TPSA) is 65.9 Å². The first-order chi connectivity index (χ1) is 23.4. The zero-order valence-electron chi connectivity index (χ0n) is 26.6. The summed E-state index contributed by atoms with van der Waals surface area (Å²) in [6, 6.07) is 23.9. The lowest BCUT2D eigenvalue weighted by Crippen LogP contribution is -2.38. The first-order valence-electron chi connectivity index (χ1n) is 16.8. The zero-order valence-corrected chi connectivity index (χ0v) is 27.4. The molecule has 0 saturated carbocycles. The van der Waals surface area contributed by atoms with Crippen molar-refractivity contribution in [2.45, 2.75) is 31.2 Å². The maximum Gasteiger partial charge on any atom is 0.261 e. The highest BCUT2D eigenvalue weighted by molar-refractivity contribution is 7.08. The summed E-state index contributed by atoms with van der Waals surface area (Å²) in [5, 5.41) is 5.29. The third kappa shape index (κ3) is 5.65. The number of carbonyl (C=O) groups excluding carboxylic acids is 3. The number of hydrogen-bond donors (Lipinski definition) is 0. The lowest BCUT2D eigenvalue weighted by atomic mass is 9.87. The molecular weight excluding hydrogens is 624 g/mol. The molecule has 0 radical (unpaired) electrons. The lowest BCUT2D eigenvalue weighted by molar-refractivity contribution is 0.0648. The molecule has 2 saturated heterocycles. The predicted molar refractivity (Wildman–Crippen MR) is 185 cm³/mol. The summed E-state index contributed by atoms with van der Waals surface area (Å²) < 4.78 is 15.5. The maximum absolute atomic E-state index is 14.4. The molecule has 0 N–H and O–H groups in total. The molecule has 3 amide bonds. The molecule has 3 aromatic carbocycles. The molecule has 0 spiro atoms. The molecule has 9 heteroatoms. The summed E-state index contributed by atoms with van der Waals surface area (Å²) in [5.74, 6) is 0.294. The quantitative estimate of drug-likeness (QED) is 0.171. The van der Waals surface area contributed by atoms with Gasteiger partial charge >= 0.3 is 0 Å². The number of thiophene rings is 1. The molecule has 244 valence electrons. The van der Waals surface area contributed by atoms with E-state index in [1.165, 1.54) is 16.0 Å². The molecule has 5 aromatic rings. The number of benzene rings is 3. The second-order valence-corrected chi connectivity index (χ2v) is 14.1. The van der Waals surface area contributed by atoms with E-state index < -0.39 is 0 Å². The highest BCUT2D eigenvalue weighted by Gasteiger charge is 2.39. The average Bonchev–Trinajstić information content (AvgIpc) is 3.92. The van der Waals surface area contributed by atoms with Crippen molar-refractivity contribution >= 4 is 40.0 Å². The Morgan fingerprint density at radius 1 is 0.812 bits per heavy atom. The van der Waals surface area contributed by atoms with Crippen LogP contribution in [-0.4, -0.2) is 76.3 Å². The highest BCUT2D eigenvalue weighted by atomic mass is 32.1. The van der Waals surface area contributed by atoms with Crippen molar-refractivity contribution in [1.29, 1.82) is 0 Å². The summed E-state index contributed by atoms with van der Waals surface area (Å²) in [6.07, 6.45) is 4.03. The zero-order chi connectivity index (χ0) is 32.8. The Bertz CT molecular complexity index is 1940. The summed E-state index contributed by atoms with van der Waals surface area (Å²) in [6.45, 7) is 4.88. The Kier molecular flexibility index (Phi) is 8.18. The molecule has 8 rings (SSSR count). The minimum absolute atomic E-state index is 0.0130. The fourth-order valence-corrected chi connectivity index (χ4v) is 8.77. The second-order valence-electron chi connectivity index (χ2n) is 13.3. The van der Waals surface area contributed by atoms with Crippen molar-refractivity contribution in [3.8, 4) is 0 Å². The van der Waals surface area contributed by atoms with Gasteiger partial charge in [0.05, 0.1) is 22.2 Å². The first-order valence-corrected chi connectivity index (χ1v) is 17.7. The van der Waals surface area contributed by atoms with E-state index in [0.717, 1.165) is 43.4 Å². The third-order valence-electron chi connectivity index (χ3n) is 10.6. The number of para-hydroxylation sites is 1. The summed E-state index contributed by atoms with van der Waals surface area (Å²) in [7, 11) is 0. The maximum atomic E-state index is 14.4. The van der Waals surface area contributed by atoms with E-state index in [1.54, 1.807) is 47.7 Å². The summed E-state index contributed by atoms with van der Waals surface area (Å²) in [5.41, 5.74) is 4.87. The van der Waals surface area contributed by atoms with E-state index >= 15 is 0 Å². The number of rotatable bonds is 8. The van der Waals surface area contributed by atoms with Crippen molar-refractivity contribution in [3.05, 3.63) is 129 Å². The van der Waals surface area contributed by atoms with Crippen LogP contribution in [0, 0.1) is 11.7 Å². The van der Waals surface area contributed by atoms with E-state index in [0.29, 0.717) is 48.2 Å². The molecule has 2 aromatic heterocycles. The average molecular weight is 661 g/mol. The van der Waals surface area contributed by atoms with Crippen LogP contribution in [0.2, 0.25) is 0 Å². The van der Waals surface area contributed by atoms with Gasteiger partial charge in [0.2, 0.25) is 0 Å². The number of nitrogens with zero attached hydrogens (tertiary/aromatic N) is 4. The van der Waals surface area contributed by atoms with Gasteiger partial charge in [-0.15, -0.1) is 0 Å². The van der Waals surface area contributed by atoms with Gasteiger partial charge in [-0.05, 0) is 102 Å². The minimum Gasteiger partial charge on any atom is -0.345 e. The monoisotopic (exact) mass is 660 g/mol. The molecule has 0 aliphatic carbocycles. The second kappa shape index (κ2) is 12.8. The molecule has 0 bridgehead atoms. The van der Waals surface area contributed by atoms with Gasteiger partial charge in [-0.3, -0.25) is 19.3 Å². The number of likely N-dealkylation sites (tertiary alicyclic amines) is 2. The molecule has 7 nitrogen and oxygen atoms in total. The largest absolute Gasteiger partial charge is 0.345 e. The molecule has 3 aliphatic heterocycles. The van der Waals surface area contributed by atoms with Gasteiger partial charge in [0.15, 0.2) is 0 Å². The predicted octanol–water partition coefficient (Wildman–Crippen LogP) is 6.87. The lowest BCUT2D eigenvalue weighted by Gasteiger charge is -2.34. The van der Waals surface area contributed by atoms with Crippen LogP contribution in [0.5, 0.6) is 0 Å². The molecule has 3 aliphatic rings. The van der Waals surface area contributed by atoms with Gasteiger partial charge in [0.25, 0.3) is 17.7 Å². The van der Waals surface area contributed by atoms with Crippen LogP contribution >= 0.6 is 11.3 Å². The Morgan fingerprint density at radius 2 is 1.56 bits per heavy atom. The number of piperidine rings is 1. The SMILES string of the molecule is O=C(c1cccc2ccn(CCN3C(=O)c4ccccc4C3=O)c12)N1CC(CN2CCC(c3ccc(F)cc3)CC2)C(c2ccsc2)C1. The van der Waals surface area contributed by atoms with Gasteiger partial charge in [0.1, 0.15) is 5.82 Å². The fraction of sp³-hybridized carbons (Fsp3) is 0.308. The number of halogens is 1. The Balaban J connectivity index is 0.981. The summed E-state index contributed by atoms with van der Waals surface area (Å²) >= 11 is 1.70. The Morgan fingerprint density at radius 3 is 2.27 bits per heavy atom. The molecule has 2 unspecified atom stereocenters. The normalized spacial score (nSPS) is 20.3. The number of imide groups is 1. The van der Waals surface area contributed by atoms with E-state index in [9.17, 15) is 18.8 Å². The number of fused-ring (bicyclic) bond motifs is 2. The van der Waals surface area contributed by atoms with Crippen molar-refractivity contribution in [2.75, 3.05) is 39.3 Å². The van der Waals surface area contributed by atoms with Crippen LogP contribution in [0.1, 0.15) is 66.9 Å². The number of amides is 3. The molecule has 2 atom stereocenters. The third-order valence-corrected chi connectivity index (χ3v) is 11.3. The minimum atomic E-state index is -0.273. The van der Waals surface area contributed by atoms with Crippen molar-refractivity contribution in [1.82, 2.24) is 19.3 Å². The molecule has 48 heavy (non-hydrogen) atoms. The van der Waals surface area contributed by atoms with E-state index in [2.05, 4.69) is 21.7 Å². The van der Waals surface area contributed by atoms with Gasteiger partial charge in [-0.25, -0.2) is 4.39 Å². The van der Waals surface area contributed by atoms with Gasteiger partial charge in [0, 0.05) is 50.2 Å². The molecular formula is C39H37FN4O3S. The van der Waals surface area contributed by atoms with E-state index in [4.69, 9.17) is 0 Å². The Labute approximate surface area is 283 Å². The fourth-order valence-electron chi connectivity index (χ4n) is 8.04.